The van der Waals surface area contributed by atoms with E-state index in [2.05, 4.69) is 15.0 Å². The first-order chi connectivity index (χ1) is 15.2. The first-order valence-electron chi connectivity index (χ1n) is 9.11. The van der Waals surface area contributed by atoms with Crippen molar-refractivity contribution in [1.29, 1.82) is 0 Å². The number of benzene rings is 1. The van der Waals surface area contributed by atoms with Gasteiger partial charge in [0.25, 0.3) is 5.91 Å². The average molecular weight is 498 g/mol. The Morgan fingerprint density at radius 1 is 1.19 bits per heavy atom. The van der Waals surface area contributed by atoms with Crippen LogP contribution >= 0.6 is 23.2 Å². The molecule has 0 aliphatic rings. The van der Waals surface area contributed by atoms with E-state index >= 15 is 0 Å². The SMILES string of the molecule is CC(OC(=O)c1cccc(S(=O)(=O)NCc2ccco2)c1)C(=O)Nc1ncc(Cl)cc1Cl. The Kier molecular flexibility index (Phi) is 7.52. The second kappa shape index (κ2) is 10.1. The fourth-order valence-electron chi connectivity index (χ4n) is 2.46. The molecule has 0 saturated heterocycles. The van der Waals surface area contributed by atoms with Crippen molar-refractivity contribution in [2.45, 2.75) is 24.5 Å². The smallest absolute Gasteiger partial charge is 0.338 e. The van der Waals surface area contributed by atoms with Gasteiger partial charge in [0.05, 0.1) is 33.3 Å². The Hall–Kier alpha value is -2.92. The summed E-state index contributed by atoms with van der Waals surface area (Å²) in [6.45, 7) is 1.30. The van der Waals surface area contributed by atoms with E-state index in [1.807, 2.05) is 0 Å². The zero-order chi connectivity index (χ0) is 23.3. The van der Waals surface area contributed by atoms with E-state index in [1.54, 1.807) is 12.1 Å². The van der Waals surface area contributed by atoms with Crippen LogP contribution in [0, 0.1) is 0 Å². The molecule has 2 N–H and O–H groups in total. The average Bonchev–Trinajstić information content (AvgIpc) is 3.28. The van der Waals surface area contributed by atoms with Crippen molar-refractivity contribution >= 4 is 50.9 Å². The number of esters is 1. The number of nitrogens with one attached hydrogen (secondary N) is 2. The standard InChI is InChI=1S/C20H17Cl2N3O6S/c1-12(19(26)25-18-17(22)9-14(21)10-23-18)31-20(27)13-4-2-6-16(8-13)32(28,29)24-11-15-5-3-7-30-15/h2-10,12,24H,11H2,1H3,(H,23,25,26). The van der Waals surface area contributed by atoms with E-state index in [0.717, 1.165) is 6.07 Å². The number of amides is 1. The number of hydrogen-bond acceptors (Lipinski definition) is 7. The van der Waals surface area contributed by atoms with Gasteiger partial charge in [0.15, 0.2) is 11.9 Å². The third-order valence-corrected chi connectivity index (χ3v) is 5.99. The van der Waals surface area contributed by atoms with E-state index in [9.17, 15) is 18.0 Å². The van der Waals surface area contributed by atoms with Gasteiger partial charge in [-0.2, -0.15) is 0 Å². The molecule has 1 amide bonds. The van der Waals surface area contributed by atoms with E-state index in [4.69, 9.17) is 32.4 Å². The molecular weight excluding hydrogens is 481 g/mol. The maximum atomic E-state index is 12.5. The topological polar surface area (TPSA) is 128 Å². The fraction of sp³-hybridized carbons (Fsp3) is 0.150. The third kappa shape index (κ3) is 6.07. The third-order valence-electron chi connectivity index (χ3n) is 4.10. The molecule has 1 aromatic carbocycles. The summed E-state index contributed by atoms with van der Waals surface area (Å²) in [5.41, 5.74) is -0.0480. The molecule has 1 unspecified atom stereocenters. The van der Waals surface area contributed by atoms with Crippen LogP contribution in [0.25, 0.3) is 0 Å². The molecule has 9 nitrogen and oxygen atoms in total. The van der Waals surface area contributed by atoms with Gasteiger partial charge in [-0.25, -0.2) is 22.9 Å². The monoisotopic (exact) mass is 497 g/mol. The number of pyridine rings is 1. The highest BCUT2D eigenvalue weighted by atomic mass is 35.5. The molecule has 168 valence electrons. The zero-order valence-corrected chi connectivity index (χ0v) is 18.9. The van der Waals surface area contributed by atoms with Crippen LogP contribution in [-0.4, -0.2) is 31.4 Å². The molecule has 2 aromatic heterocycles. The van der Waals surface area contributed by atoms with Gasteiger partial charge in [-0.3, -0.25) is 4.79 Å². The Labute approximate surface area is 193 Å². The first kappa shape index (κ1) is 23.7. The van der Waals surface area contributed by atoms with Crippen LogP contribution in [0.2, 0.25) is 10.0 Å². The second-order valence-corrected chi connectivity index (χ2v) is 9.06. The molecule has 32 heavy (non-hydrogen) atoms. The van der Waals surface area contributed by atoms with E-state index < -0.39 is 28.0 Å². The molecule has 0 saturated carbocycles. The summed E-state index contributed by atoms with van der Waals surface area (Å²) in [6.07, 6.45) is 1.51. The van der Waals surface area contributed by atoms with Crippen molar-refractivity contribution < 1.29 is 27.2 Å². The predicted octanol–water partition coefficient (Wildman–Crippen LogP) is 3.64. The van der Waals surface area contributed by atoms with Gasteiger partial charge in [-0.15, -0.1) is 0 Å². The molecular formula is C20H17Cl2N3O6S. The van der Waals surface area contributed by atoms with E-state index in [-0.39, 0.29) is 27.8 Å². The van der Waals surface area contributed by atoms with Crippen molar-refractivity contribution in [2.75, 3.05) is 5.32 Å². The summed E-state index contributed by atoms with van der Waals surface area (Å²) in [4.78, 5) is 28.5. The largest absolute Gasteiger partial charge is 0.468 e. The van der Waals surface area contributed by atoms with Crippen molar-refractivity contribution in [3.05, 3.63) is 76.3 Å². The van der Waals surface area contributed by atoms with Crippen molar-refractivity contribution in [3.8, 4) is 0 Å². The first-order valence-corrected chi connectivity index (χ1v) is 11.3. The number of nitrogens with zero attached hydrogens (tertiary/aromatic N) is 1. The maximum Gasteiger partial charge on any atom is 0.338 e. The van der Waals surface area contributed by atoms with Crippen LogP contribution < -0.4 is 10.0 Å². The molecule has 2 heterocycles. The molecule has 0 aliphatic carbocycles. The van der Waals surface area contributed by atoms with Gasteiger partial charge < -0.3 is 14.5 Å². The lowest BCUT2D eigenvalue weighted by Crippen LogP contribution is -2.30. The Morgan fingerprint density at radius 2 is 1.97 bits per heavy atom. The van der Waals surface area contributed by atoms with Crippen molar-refractivity contribution in [2.24, 2.45) is 0 Å². The Balaban J connectivity index is 1.65. The van der Waals surface area contributed by atoms with Crippen molar-refractivity contribution in [3.63, 3.8) is 0 Å². The van der Waals surface area contributed by atoms with Crippen LogP contribution in [0.5, 0.6) is 0 Å². The molecule has 3 aromatic rings. The van der Waals surface area contributed by atoms with Gasteiger partial charge in [0, 0.05) is 6.20 Å². The zero-order valence-electron chi connectivity index (χ0n) is 16.5. The Bertz CT molecular complexity index is 1230. The van der Waals surface area contributed by atoms with Gasteiger partial charge in [0.1, 0.15) is 5.76 Å². The van der Waals surface area contributed by atoms with Crippen LogP contribution in [0.4, 0.5) is 5.82 Å². The van der Waals surface area contributed by atoms with Crippen LogP contribution in [-0.2, 0) is 26.1 Å². The number of carbonyl (C=O) groups is 2. The summed E-state index contributed by atoms with van der Waals surface area (Å²) in [5, 5.41) is 2.83. The number of rotatable bonds is 8. The second-order valence-electron chi connectivity index (χ2n) is 6.45. The molecule has 0 aliphatic heterocycles. The van der Waals surface area contributed by atoms with Crippen LogP contribution in [0.3, 0.4) is 0 Å². The van der Waals surface area contributed by atoms with Gasteiger partial charge >= 0.3 is 5.97 Å². The van der Waals surface area contributed by atoms with Gasteiger partial charge in [-0.1, -0.05) is 29.3 Å². The normalized spacial score (nSPS) is 12.2. The van der Waals surface area contributed by atoms with Gasteiger partial charge in [0.2, 0.25) is 10.0 Å². The summed E-state index contributed by atoms with van der Waals surface area (Å²) in [7, 11) is -3.92. The molecule has 0 fully saturated rings. The van der Waals surface area contributed by atoms with Crippen LogP contribution in [0.15, 0.2) is 64.2 Å². The quantitative estimate of drug-likeness (QED) is 0.454. The minimum absolute atomic E-state index is 0.0480. The van der Waals surface area contributed by atoms with Crippen LogP contribution in [0.1, 0.15) is 23.0 Å². The molecule has 0 spiro atoms. The number of anilines is 1. The minimum Gasteiger partial charge on any atom is -0.468 e. The highest BCUT2D eigenvalue weighted by Crippen LogP contribution is 2.23. The minimum atomic E-state index is -3.92. The number of aromatic nitrogens is 1. The lowest BCUT2D eigenvalue weighted by Gasteiger charge is -2.14. The molecule has 1 atom stereocenters. The number of sulfonamides is 1. The maximum absolute atomic E-state index is 12.5. The number of halogens is 2. The summed E-state index contributed by atoms with van der Waals surface area (Å²) >= 11 is 11.7. The molecule has 0 bridgehead atoms. The van der Waals surface area contributed by atoms with E-state index in [1.165, 1.54) is 43.6 Å². The summed E-state index contributed by atoms with van der Waals surface area (Å²) < 4.78 is 37.6. The molecule has 0 radical (unpaired) electrons. The lowest BCUT2D eigenvalue weighted by atomic mass is 10.2. The molecule has 12 heteroatoms. The van der Waals surface area contributed by atoms with E-state index in [0.29, 0.717) is 10.8 Å². The number of ether oxygens (including phenoxy) is 1. The van der Waals surface area contributed by atoms with Gasteiger partial charge in [-0.05, 0) is 43.3 Å². The fourth-order valence-corrected chi connectivity index (χ4v) is 3.93. The molecule has 3 rings (SSSR count). The number of hydrogen-bond donors (Lipinski definition) is 2. The number of furan rings is 1. The number of carbonyl (C=O) groups excluding carboxylic acids is 2. The summed E-state index contributed by atoms with van der Waals surface area (Å²) in [6, 6.07) is 9.88. The Morgan fingerprint density at radius 3 is 2.66 bits per heavy atom. The summed E-state index contributed by atoms with van der Waals surface area (Å²) in [5.74, 6) is -1.08. The highest BCUT2D eigenvalue weighted by molar-refractivity contribution is 7.89. The predicted molar refractivity (Wildman–Crippen MR) is 117 cm³/mol. The lowest BCUT2D eigenvalue weighted by molar-refractivity contribution is -0.123. The van der Waals surface area contributed by atoms with Crippen molar-refractivity contribution in [1.82, 2.24) is 9.71 Å². The highest BCUT2D eigenvalue weighted by Gasteiger charge is 2.22.